The van der Waals surface area contributed by atoms with Crippen LogP contribution < -0.4 is 10.1 Å². The summed E-state index contributed by atoms with van der Waals surface area (Å²) in [7, 11) is 1.48. The number of carbonyl (C=O) groups excluding carboxylic acids is 1. The number of halogens is 3. The number of hydrogen-bond acceptors (Lipinski definition) is 3. The first kappa shape index (κ1) is 17.3. The minimum absolute atomic E-state index is 0.0885. The maximum absolute atomic E-state index is 12.5. The molecule has 7 heteroatoms. The van der Waals surface area contributed by atoms with E-state index in [0.29, 0.717) is 30.9 Å². The smallest absolute Gasteiger partial charge is 0.471 e. The molecule has 1 aliphatic carbocycles. The second-order valence-corrected chi connectivity index (χ2v) is 5.28. The number of methoxy groups -OCH3 is 1. The van der Waals surface area contributed by atoms with Crippen molar-refractivity contribution in [1.82, 2.24) is 5.32 Å². The second kappa shape index (κ2) is 7.04. The van der Waals surface area contributed by atoms with Gasteiger partial charge < -0.3 is 14.8 Å². The number of alkyl halides is 3. The van der Waals surface area contributed by atoms with E-state index in [1.54, 1.807) is 24.3 Å². The molecular weight excluding hydrogens is 311 g/mol. The fourth-order valence-electron chi connectivity index (χ4n) is 2.72. The molecule has 2 rings (SSSR count). The summed E-state index contributed by atoms with van der Waals surface area (Å²) in [6.45, 7) is 4.26. The molecule has 1 aromatic rings. The lowest BCUT2D eigenvalue weighted by molar-refractivity contribution is -0.174. The molecule has 0 bridgehead atoms. The Balaban J connectivity index is 2.21. The van der Waals surface area contributed by atoms with Crippen molar-refractivity contribution >= 4 is 5.91 Å². The van der Waals surface area contributed by atoms with Crippen molar-refractivity contribution in [3.63, 3.8) is 0 Å². The molecule has 126 valence electrons. The predicted molar refractivity (Wildman–Crippen MR) is 78.3 cm³/mol. The minimum Gasteiger partial charge on any atom is -0.497 e. The molecule has 1 amide bonds. The van der Waals surface area contributed by atoms with E-state index in [2.05, 4.69) is 11.9 Å². The first-order valence-corrected chi connectivity index (χ1v) is 7.11. The Morgan fingerprint density at radius 3 is 2.78 bits per heavy atom. The first-order chi connectivity index (χ1) is 10.9. The van der Waals surface area contributed by atoms with Gasteiger partial charge in [0, 0.05) is 5.92 Å². The van der Waals surface area contributed by atoms with Gasteiger partial charge in [-0.3, -0.25) is 4.79 Å². The van der Waals surface area contributed by atoms with E-state index in [-0.39, 0.29) is 5.92 Å². The number of ether oxygens (including phenoxy) is 2. The van der Waals surface area contributed by atoms with E-state index < -0.39 is 18.1 Å². The number of hydrogen-bond donors (Lipinski definition) is 1. The quantitative estimate of drug-likeness (QED) is 0.644. The Morgan fingerprint density at radius 2 is 2.17 bits per heavy atom. The molecule has 0 unspecified atom stereocenters. The van der Waals surface area contributed by atoms with Crippen molar-refractivity contribution < 1.29 is 27.4 Å². The normalized spacial score (nSPS) is 20.0. The summed E-state index contributed by atoms with van der Waals surface area (Å²) in [6, 6.07) is 4.49. The standard InChI is InChI=1S/C16H18F3NO3/c1-3-6-23-9-10-7-14(20-15(21)16(17,18)19)13-8-11(22-2)4-5-12(10)13/h3-5,8,10,14H,1,6-7,9H2,2H3,(H,20,21)/t10-,14-/m0/s1. The van der Waals surface area contributed by atoms with E-state index >= 15 is 0 Å². The third-order valence-electron chi connectivity index (χ3n) is 3.75. The molecule has 0 heterocycles. The minimum atomic E-state index is -4.91. The van der Waals surface area contributed by atoms with Gasteiger partial charge in [-0.15, -0.1) is 6.58 Å². The highest BCUT2D eigenvalue weighted by Gasteiger charge is 2.42. The number of carbonyl (C=O) groups is 1. The zero-order valence-corrected chi connectivity index (χ0v) is 12.7. The summed E-state index contributed by atoms with van der Waals surface area (Å²) in [5.41, 5.74) is 1.50. The summed E-state index contributed by atoms with van der Waals surface area (Å²) in [4.78, 5) is 11.2. The van der Waals surface area contributed by atoms with Crippen LogP contribution >= 0.6 is 0 Å². The van der Waals surface area contributed by atoms with Gasteiger partial charge in [-0.1, -0.05) is 12.1 Å². The second-order valence-electron chi connectivity index (χ2n) is 5.28. The van der Waals surface area contributed by atoms with E-state index in [1.165, 1.54) is 7.11 Å². The summed E-state index contributed by atoms with van der Waals surface area (Å²) >= 11 is 0. The molecule has 1 aliphatic rings. The van der Waals surface area contributed by atoms with Crippen molar-refractivity contribution in [2.24, 2.45) is 0 Å². The summed E-state index contributed by atoms with van der Waals surface area (Å²) < 4.78 is 48.0. The van der Waals surface area contributed by atoms with Crippen molar-refractivity contribution in [1.29, 1.82) is 0 Å². The van der Waals surface area contributed by atoms with Crippen molar-refractivity contribution in [2.75, 3.05) is 20.3 Å². The lowest BCUT2D eigenvalue weighted by Gasteiger charge is -2.16. The van der Waals surface area contributed by atoms with Crippen LogP contribution in [0.5, 0.6) is 5.75 Å². The lowest BCUT2D eigenvalue weighted by atomic mass is 10.0. The monoisotopic (exact) mass is 329 g/mol. The van der Waals surface area contributed by atoms with E-state index in [0.717, 1.165) is 5.56 Å². The largest absolute Gasteiger partial charge is 0.497 e. The van der Waals surface area contributed by atoms with Crippen molar-refractivity contribution in [3.8, 4) is 5.75 Å². The topological polar surface area (TPSA) is 47.6 Å². The van der Waals surface area contributed by atoms with Crippen molar-refractivity contribution in [3.05, 3.63) is 42.0 Å². The summed E-state index contributed by atoms with van der Waals surface area (Å²) in [5, 5.41) is 2.05. The van der Waals surface area contributed by atoms with Crippen LogP contribution in [0.4, 0.5) is 13.2 Å². The SMILES string of the molecule is C=CCOC[C@@H]1C[C@H](NC(=O)C(F)(F)F)c2cc(OC)ccc21. The number of amides is 1. The number of nitrogens with one attached hydrogen (secondary N) is 1. The highest BCUT2D eigenvalue weighted by atomic mass is 19.4. The Kier molecular flexibility index (Phi) is 5.30. The molecule has 0 radical (unpaired) electrons. The lowest BCUT2D eigenvalue weighted by Crippen LogP contribution is -2.38. The van der Waals surface area contributed by atoms with Crippen LogP contribution in [0, 0.1) is 0 Å². The molecule has 0 aromatic heterocycles. The van der Waals surface area contributed by atoms with E-state index in [9.17, 15) is 18.0 Å². The molecule has 0 fully saturated rings. The highest BCUT2D eigenvalue weighted by Crippen LogP contribution is 2.42. The van der Waals surface area contributed by atoms with Gasteiger partial charge in [0.1, 0.15) is 5.75 Å². The Bertz CT molecular complexity index is 586. The average Bonchev–Trinajstić information content (AvgIpc) is 2.84. The Hall–Kier alpha value is -2.02. The van der Waals surface area contributed by atoms with Gasteiger partial charge in [0.15, 0.2) is 0 Å². The van der Waals surface area contributed by atoms with Gasteiger partial charge in [-0.25, -0.2) is 0 Å². The maximum atomic E-state index is 12.5. The van der Waals surface area contributed by atoms with Crippen LogP contribution in [0.25, 0.3) is 0 Å². The molecule has 2 atom stereocenters. The van der Waals surface area contributed by atoms with Gasteiger partial charge in [-0.05, 0) is 29.7 Å². The zero-order chi connectivity index (χ0) is 17.0. The average molecular weight is 329 g/mol. The van der Waals surface area contributed by atoms with Gasteiger partial charge in [-0.2, -0.15) is 13.2 Å². The molecule has 0 saturated carbocycles. The van der Waals surface area contributed by atoms with Gasteiger partial charge in [0.2, 0.25) is 0 Å². The van der Waals surface area contributed by atoms with Crippen LogP contribution in [0.15, 0.2) is 30.9 Å². The summed E-state index contributed by atoms with van der Waals surface area (Å²) in [6.07, 6.45) is -2.95. The van der Waals surface area contributed by atoms with Crippen LogP contribution in [0.3, 0.4) is 0 Å². The highest BCUT2D eigenvalue weighted by molar-refractivity contribution is 5.82. The fraction of sp³-hybridized carbons (Fsp3) is 0.438. The maximum Gasteiger partial charge on any atom is 0.471 e. The third-order valence-corrected chi connectivity index (χ3v) is 3.75. The molecule has 23 heavy (non-hydrogen) atoms. The Labute approximate surface area is 132 Å². The predicted octanol–water partition coefficient (Wildman–Crippen LogP) is 3.10. The van der Waals surface area contributed by atoms with E-state index in [1.807, 2.05) is 0 Å². The fourth-order valence-corrected chi connectivity index (χ4v) is 2.72. The molecular formula is C16H18F3NO3. The van der Waals surface area contributed by atoms with Gasteiger partial charge in [0.25, 0.3) is 0 Å². The molecule has 1 N–H and O–H groups in total. The number of benzene rings is 1. The molecule has 0 aliphatic heterocycles. The van der Waals surface area contributed by atoms with Crippen LogP contribution in [0.1, 0.15) is 29.5 Å². The summed E-state index contributed by atoms with van der Waals surface area (Å²) in [5.74, 6) is -1.50. The van der Waals surface area contributed by atoms with Gasteiger partial charge in [0.05, 0.1) is 26.4 Å². The molecule has 4 nitrogen and oxygen atoms in total. The van der Waals surface area contributed by atoms with Crippen LogP contribution in [-0.2, 0) is 9.53 Å². The number of rotatable bonds is 6. The third kappa shape index (κ3) is 4.04. The Morgan fingerprint density at radius 1 is 1.43 bits per heavy atom. The van der Waals surface area contributed by atoms with E-state index in [4.69, 9.17) is 9.47 Å². The number of fused-ring (bicyclic) bond motifs is 1. The first-order valence-electron chi connectivity index (χ1n) is 7.11. The van der Waals surface area contributed by atoms with Gasteiger partial charge >= 0.3 is 12.1 Å². The van der Waals surface area contributed by atoms with Crippen LogP contribution in [-0.4, -0.2) is 32.4 Å². The molecule has 1 aromatic carbocycles. The van der Waals surface area contributed by atoms with Crippen molar-refractivity contribution in [2.45, 2.75) is 24.6 Å². The molecule has 0 spiro atoms. The zero-order valence-electron chi connectivity index (χ0n) is 12.7. The van der Waals surface area contributed by atoms with Crippen LogP contribution in [0.2, 0.25) is 0 Å². The molecule has 0 saturated heterocycles.